The first-order chi connectivity index (χ1) is 33.7. The van der Waals surface area contributed by atoms with Gasteiger partial charge >= 0.3 is 0 Å². The zero-order valence-electron chi connectivity index (χ0n) is 36.5. The van der Waals surface area contributed by atoms with Gasteiger partial charge in [-0.1, -0.05) is 206 Å². The van der Waals surface area contributed by atoms with Crippen LogP contribution >= 0.6 is 0 Å². The predicted octanol–water partition coefficient (Wildman–Crippen LogP) is 16.4. The van der Waals surface area contributed by atoms with E-state index < -0.39 is 0 Å². The molecule has 0 amide bonds. The van der Waals surface area contributed by atoms with Gasteiger partial charge in [0.05, 0.1) is 0 Å². The summed E-state index contributed by atoms with van der Waals surface area (Å²) in [7, 11) is 0. The standard InChI is InChI=1S/C62H38N4O2/c1-3-11-39(12-4-1)41-23-31-47(32-24-41)55-59-57(51-15-7-9-17-53(51)67-59)65-61(63-55)49-35-27-45(28-36-49)43-19-21-44(22-20-43)46-29-37-50(38-30-46)62-64-56(60-58(66-62)52-16-8-10-18-54(52)68-60)48-33-25-42(26-34-48)40-13-5-2-6-14-40/h1-38H. The number of aromatic nitrogens is 4. The molecule has 4 aromatic heterocycles. The fourth-order valence-electron chi connectivity index (χ4n) is 9.21. The van der Waals surface area contributed by atoms with E-state index in [1.54, 1.807) is 0 Å². The van der Waals surface area contributed by atoms with Gasteiger partial charge in [-0.2, -0.15) is 0 Å². The van der Waals surface area contributed by atoms with Crippen LogP contribution in [0.3, 0.4) is 0 Å². The molecule has 0 bridgehead atoms. The lowest BCUT2D eigenvalue weighted by molar-refractivity contribution is 0.667. The van der Waals surface area contributed by atoms with E-state index >= 15 is 0 Å². The third kappa shape index (κ3) is 7.00. The molecule has 0 saturated heterocycles. The number of hydrogen-bond donors (Lipinski definition) is 0. The number of nitrogens with zero attached hydrogens (tertiary/aromatic N) is 4. The van der Waals surface area contributed by atoms with Gasteiger partial charge in [0.1, 0.15) is 33.6 Å². The molecular weight excluding hydrogens is 833 g/mol. The Kier molecular flexibility index (Phi) is 9.39. The topological polar surface area (TPSA) is 77.8 Å². The smallest absolute Gasteiger partial charge is 0.180 e. The number of furan rings is 2. The maximum Gasteiger partial charge on any atom is 0.180 e. The van der Waals surface area contributed by atoms with E-state index in [1.165, 1.54) is 11.1 Å². The van der Waals surface area contributed by atoms with Crippen LogP contribution in [-0.2, 0) is 0 Å². The minimum atomic E-state index is 0.647. The molecule has 0 aliphatic heterocycles. The molecule has 68 heavy (non-hydrogen) atoms. The highest BCUT2D eigenvalue weighted by atomic mass is 16.3. The van der Waals surface area contributed by atoms with Crippen molar-refractivity contribution < 1.29 is 8.83 Å². The summed E-state index contributed by atoms with van der Waals surface area (Å²) in [5, 5.41) is 1.93. The molecule has 0 aliphatic carbocycles. The van der Waals surface area contributed by atoms with E-state index in [-0.39, 0.29) is 0 Å². The Morgan fingerprint density at radius 2 is 0.485 bits per heavy atom. The summed E-state index contributed by atoms with van der Waals surface area (Å²) in [4.78, 5) is 20.5. The molecule has 0 aliphatic rings. The van der Waals surface area contributed by atoms with Crippen LogP contribution < -0.4 is 0 Å². The van der Waals surface area contributed by atoms with Gasteiger partial charge in [-0.25, -0.2) is 19.9 Å². The van der Waals surface area contributed by atoms with Crippen LogP contribution in [0.2, 0.25) is 0 Å². The second-order valence-electron chi connectivity index (χ2n) is 17.0. The Balaban J connectivity index is 0.782. The van der Waals surface area contributed by atoms with Crippen molar-refractivity contribution in [1.82, 2.24) is 19.9 Å². The first kappa shape index (κ1) is 39.1. The highest BCUT2D eigenvalue weighted by molar-refractivity contribution is 6.08. The van der Waals surface area contributed by atoms with Crippen molar-refractivity contribution in [3.63, 3.8) is 0 Å². The third-order valence-electron chi connectivity index (χ3n) is 12.8. The molecule has 0 fully saturated rings. The van der Waals surface area contributed by atoms with E-state index in [0.717, 1.165) is 100.0 Å². The summed E-state index contributed by atoms with van der Waals surface area (Å²) in [6.07, 6.45) is 0. The molecule has 6 heteroatoms. The number of rotatable bonds is 8. The Labute approximate surface area is 391 Å². The lowest BCUT2D eigenvalue weighted by Crippen LogP contribution is -1.94. The summed E-state index contributed by atoms with van der Waals surface area (Å²) < 4.78 is 12.8. The van der Waals surface area contributed by atoms with Crippen LogP contribution in [0.5, 0.6) is 0 Å². The Morgan fingerprint density at radius 1 is 0.221 bits per heavy atom. The van der Waals surface area contributed by atoms with Gasteiger partial charge in [-0.15, -0.1) is 0 Å². The quantitative estimate of drug-likeness (QED) is 0.151. The van der Waals surface area contributed by atoms with E-state index in [1.807, 2.05) is 48.5 Å². The Morgan fingerprint density at radius 3 is 0.824 bits per heavy atom. The maximum atomic E-state index is 6.41. The molecule has 0 unspecified atom stereocenters. The number of hydrogen-bond acceptors (Lipinski definition) is 6. The van der Waals surface area contributed by atoms with Crippen molar-refractivity contribution in [3.05, 3.63) is 231 Å². The van der Waals surface area contributed by atoms with Crippen molar-refractivity contribution in [2.24, 2.45) is 0 Å². The molecule has 9 aromatic carbocycles. The minimum Gasteiger partial charge on any atom is -0.452 e. The summed E-state index contributed by atoms with van der Waals surface area (Å²) in [5.41, 5.74) is 18.9. The van der Waals surface area contributed by atoms with E-state index in [9.17, 15) is 0 Å². The van der Waals surface area contributed by atoms with Gasteiger partial charge in [0.15, 0.2) is 22.8 Å². The van der Waals surface area contributed by atoms with Crippen LogP contribution in [0.15, 0.2) is 239 Å². The molecule has 0 saturated carbocycles. The summed E-state index contributed by atoms with van der Waals surface area (Å²) >= 11 is 0. The normalized spacial score (nSPS) is 11.5. The van der Waals surface area contributed by atoms with Gasteiger partial charge in [-0.05, 0) is 68.8 Å². The van der Waals surface area contributed by atoms with Crippen LogP contribution in [0.1, 0.15) is 0 Å². The minimum absolute atomic E-state index is 0.647. The number of benzene rings is 9. The molecular formula is C62H38N4O2. The number of para-hydroxylation sites is 2. The summed E-state index contributed by atoms with van der Waals surface area (Å²) in [5.74, 6) is 1.29. The Bertz CT molecular complexity index is 3690. The molecule has 13 aromatic rings. The largest absolute Gasteiger partial charge is 0.452 e. The molecule has 318 valence electrons. The highest BCUT2D eigenvalue weighted by Gasteiger charge is 2.20. The highest BCUT2D eigenvalue weighted by Crippen LogP contribution is 2.39. The predicted molar refractivity (Wildman–Crippen MR) is 276 cm³/mol. The van der Waals surface area contributed by atoms with Crippen molar-refractivity contribution in [3.8, 4) is 89.8 Å². The summed E-state index contributed by atoms with van der Waals surface area (Å²) in [6.45, 7) is 0. The van der Waals surface area contributed by atoms with E-state index in [4.69, 9.17) is 28.8 Å². The first-order valence-corrected chi connectivity index (χ1v) is 22.7. The van der Waals surface area contributed by atoms with Crippen LogP contribution in [0.25, 0.3) is 134 Å². The van der Waals surface area contributed by atoms with E-state index in [0.29, 0.717) is 22.8 Å². The van der Waals surface area contributed by atoms with Crippen LogP contribution in [-0.4, -0.2) is 19.9 Å². The number of fused-ring (bicyclic) bond motifs is 6. The fourth-order valence-corrected chi connectivity index (χ4v) is 9.21. The molecule has 0 atom stereocenters. The zero-order chi connectivity index (χ0) is 45.0. The van der Waals surface area contributed by atoms with Gasteiger partial charge in [0, 0.05) is 33.0 Å². The van der Waals surface area contributed by atoms with Crippen LogP contribution in [0, 0.1) is 0 Å². The maximum absolute atomic E-state index is 6.41. The molecule has 6 nitrogen and oxygen atoms in total. The average Bonchev–Trinajstić information content (AvgIpc) is 4.00. The average molecular weight is 871 g/mol. The molecule has 4 heterocycles. The summed E-state index contributed by atoms with van der Waals surface area (Å²) in [6, 6.07) is 79.5. The van der Waals surface area contributed by atoms with Crippen LogP contribution in [0.4, 0.5) is 0 Å². The van der Waals surface area contributed by atoms with E-state index in [2.05, 4.69) is 182 Å². The van der Waals surface area contributed by atoms with Crippen molar-refractivity contribution in [2.75, 3.05) is 0 Å². The molecule has 13 rings (SSSR count). The molecule has 0 radical (unpaired) electrons. The van der Waals surface area contributed by atoms with Crippen molar-refractivity contribution >= 4 is 44.1 Å². The SMILES string of the molecule is c1ccc(-c2ccc(-c3nc(-c4ccc(-c5ccc(-c6ccc(-c7nc(-c8ccc(-c9ccccc9)cc8)c8oc9ccccc9c8n7)cc6)cc5)cc4)nc4c3oc3ccccc34)cc2)cc1. The van der Waals surface area contributed by atoms with Gasteiger partial charge in [-0.3, -0.25) is 0 Å². The van der Waals surface area contributed by atoms with Gasteiger partial charge in [0.2, 0.25) is 0 Å². The molecule has 0 spiro atoms. The second-order valence-corrected chi connectivity index (χ2v) is 17.0. The Hall–Kier alpha value is -9.26. The first-order valence-electron chi connectivity index (χ1n) is 22.7. The second kappa shape index (κ2) is 16.3. The lowest BCUT2D eigenvalue weighted by atomic mass is 9.98. The molecule has 0 N–H and O–H groups in total. The lowest BCUT2D eigenvalue weighted by Gasteiger charge is -2.09. The third-order valence-corrected chi connectivity index (χ3v) is 12.8. The van der Waals surface area contributed by atoms with Gasteiger partial charge in [0.25, 0.3) is 0 Å². The fraction of sp³-hybridized carbons (Fsp3) is 0. The zero-order valence-corrected chi connectivity index (χ0v) is 36.5. The monoisotopic (exact) mass is 870 g/mol. The van der Waals surface area contributed by atoms with Gasteiger partial charge < -0.3 is 8.83 Å². The van der Waals surface area contributed by atoms with Crippen molar-refractivity contribution in [2.45, 2.75) is 0 Å². The van der Waals surface area contributed by atoms with Crippen molar-refractivity contribution in [1.29, 1.82) is 0 Å².